The van der Waals surface area contributed by atoms with Crippen molar-refractivity contribution in [3.05, 3.63) is 83.4 Å². The van der Waals surface area contributed by atoms with Crippen LogP contribution in [0, 0.1) is 6.92 Å². The molecule has 0 saturated carbocycles. The predicted octanol–water partition coefficient (Wildman–Crippen LogP) is 6.81. The van der Waals surface area contributed by atoms with E-state index in [1.807, 2.05) is 31.2 Å². The van der Waals surface area contributed by atoms with Gasteiger partial charge in [0.15, 0.2) is 0 Å². The normalized spacial score (nSPS) is 12.7. The van der Waals surface area contributed by atoms with Gasteiger partial charge in [-0.3, -0.25) is 0 Å². The standard InChI is InChI=1S/C25H22F3N3O/c1-3-22(29)16-8-10-17(11-9-16)23-30-24(32-31-23)18-12-13-20(21(14-18)25(26,27)28)19-7-5-4-6-15(19)2/h4-14,22H,3,29H2,1-2H3. The highest BCUT2D eigenvalue weighted by atomic mass is 19.4. The largest absolute Gasteiger partial charge is 0.417 e. The Hall–Kier alpha value is -3.45. The minimum Gasteiger partial charge on any atom is -0.334 e. The lowest BCUT2D eigenvalue weighted by Gasteiger charge is -2.15. The first-order chi connectivity index (χ1) is 15.3. The summed E-state index contributed by atoms with van der Waals surface area (Å²) >= 11 is 0. The van der Waals surface area contributed by atoms with Crippen LogP contribution in [-0.4, -0.2) is 10.1 Å². The Labute approximate surface area is 183 Å². The first-order valence-electron chi connectivity index (χ1n) is 10.2. The molecule has 0 aliphatic heterocycles. The molecule has 1 heterocycles. The molecule has 0 saturated heterocycles. The number of hydrogen-bond acceptors (Lipinski definition) is 4. The fourth-order valence-corrected chi connectivity index (χ4v) is 3.59. The van der Waals surface area contributed by atoms with Gasteiger partial charge < -0.3 is 10.3 Å². The molecule has 0 spiro atoms. The summed E-state index contributed by atoms with van der Waals surface area (Å²) in [5.41, 5.74) is 8.58. The lowest BCUT2D eigenvalue weighted by molar-refractivity contribution is -0.137. The van der Waals surface area contributed by atoms with Gasteiger partial charge in [0, 0.05) is 17.2 Å². The number of nitrogens with zero attached hydrogens (tertiary/aromatic N) is 2. The van der Waals surface area contributed by atoms with Crippen LogP contribution in [0.15, 0.2) is 71.3 Å². The molecule has 32 heavy (non-hydrogen) atoms. The number of aromatic nitrogens is 2. The molecule has 0 amide bonds. The molecule has 164 valence electrons. The Kier molecular flexibility index (Phi) is 5.84. The van der Waals surface area contributed by atoms with Crippen molar-refractivity contribution in [2.45, 2.75) is 32.5 Å². The first-order valence-corrected chi connectivity index (χ1v) is 10.2. The smallest absolute Gasteiger partial charge is 0.334 e. The van der Waals surface area contributed by atoms with Crippen LogP contribution >= 0.6 is 0 Å². The number of alkyl halides is 3. The van der Waals surface area contributed by atoms with Crippen LogP contribution in [0.3, 0.4) is 0 Å². The van der Waals surface area contributed by atoms with Gasteiger partial charge in [-0.1, -0.05) is 66.7 Å². The Morgan fingerprint density at radius 3 is 2.28 bits per heavy atom. The monoisotopic (exact) mass is 437 g/mol. The maximum absolute atomic E-state index is 13.9. The van der Waals surface area contributed by atoms with Crippen molar-refractivity contribution < 1.29 is 17.7 Å². The summed E-state index contributed by atoms with van der Waals surface area (Å²) in [6.45, 7) is 3.79. The van der Waals surface area contributed by atoms with Gasteiger partial charge >= 0.3 is 6.18 Å². The molecule has 0 aliphatic rings. The Balaban J connectivity index is 1.71. The molecular formula is C25H22F3N3O. The molecule has 0 fully saturated rings. The SMILES string of the molecule is CCC(N)c1ccc(-c2noc(-c3ccc(-c4ccccc4C)c(C(F)(F)F)c3)n2)cc1. The summed E-state index contributed by atoms with van der Waals surface area (Å²) in [7, 11) is 0. The Morgan fingerprint density at radius 2 is 1.62 bits per heavy atom. The minimum atomic E-state index is -4.54. The average Bonchev–Trinajstić information content (AvgIpc) is 3.28. The molecule has 7 heteroatoms. The van der Waals surface area contributed by atoms with E-state index in [1.54, 1.807) is 37.3 Å². The lowest BCUT2D eigenvalue weighted by atomic mass is 9.94. The molecule has 0 bridgehead atoms. The average molecular weight is 437 g/mol. The Bertz CT molecular complexity index is 1230. The van der Waals surface area contributed by atoms with Gasteiger partial charge in [-0.05, 0) is 47.7 Å². The van der Waals surface area contributed by atoms with Crippen molar-refractivity contribution in [2.24, 2.45) is 5.73 Å². The van der Waals surface area contributed by atoms with Crippen LogP contribution < -0.4 is 5.73 Å². The van der Waals surface area contributed by atoms with Gasteiger partial charge in [0.2, 0.25) is 5.82 Å². The number of rotatable bonds is 5. The molecule has 4 nitrogen and oxygen atoms in total. The summed E-state index contributed by atoms with van der Waals surface area (Å²) in [5.74, 6) is 0.323. The third-order valence-corrected chi connectivity index (χ3v) is 5.47. The molecule has 1 aromatic heterocycles. The van der Waals surface area contributed by atoms with Crippen molar-refractivity contribution in [2.75, 3.05) is 0 Å². The molecule has 0 aliphatic carbocycles. The van der Waals surface area contributed by atoms with E-state index in [0.717, 1.165) is 23.6 Å². The highest BCUT2D eigenvalue weighted by Gasteiger charge is 2.34. The van der Waals surface area contributed by atoms with E-state index in [-0.39, 0.29) is 23.1 Å². The van der Waals surface area contributed by atoms with Crippen molar-refractivity contribution >= 4 is 0 Å². The number of halogens is 3. The van der Waals surface area contributed by atoms with E-state index >= 15 is 0 Å². The zero-order valence-electron chi connectivity index (χ0n) is 17.6. The molecule has 3 aromatic carbocycles. The molecule has 0 radical (unpaired) electrons. The zero-order valence-corrected chi connectivity index (χ0v) is 17.6. The molecule has 4 rings (SSSR count). The van der Waals surface area contributed by atoms with Crippen molar-refractivity contribution in [3.63, 3.8) is 0 Å². The third kappa shape index (κ3) is 4.29. The summed E-state index contributed by atoms with van der Waals surface area (Å²) in [4.78, 5) is 4.31. The van der Waals surface area contributed by atoms with Gasteiger partial charge in [0.05, 0.1) is 5.56 Å². The number of benzene rings is 3. The van der Waals surface area contributed by atoms with Gasteiger partial charge in [-0.25, -0.2) is 0 Å². The van der Waals surface area contributed by atoms with Gasteiger partial charge in [-0.2, -0.15) is 18.2 Å². The van der Waals surface area contributed by atoms with Crippen LogP contribution in [0.2, 0.25) is 0 Å². The van der Waals surface area contributed by atoms with Crippen LogP contribution in [0.1, 0.15) is 36.1 Å². The second kappa shape index (κ2) is 8.59. The second-order valence-corrected chi connectivity index (χ2v) is 7.63. The molecule has 4 aromatic rings. The topological polar surface area (TPSA) is 64.9 Å². The minimum absolute atomic E-state index is 0.0242. The van der Waals surface area contributed by atoms with E-state index < -0.39 is 11.7 Å². The van der Waals surface area contributed by atoms with Crippen LogP contribution in [0.5, 0.6) is 0 Å². The molecule has 1 unspecified atom stereocenters. The molecule has 2 N–H and O–H groups in total. The van der Waals surface area contributed by atoms with Crippen molar-refractivity contribution in [1.29, 1.82) is 0 Å². The predicted molar refractivity (Wildman–Crippen MR) is 118 cm³/mol. The van der Waals surface area contributed by atoms with Gasteiger partial charge in [0.25, 0.3) is 5.89 Å². The van der Waals surface area contributed by atoms with E-state index in [9.17, 15) is 13.2 Å². The van der Waals surface area contributed by atoms with Crippen molar-refractivity contribution in [3.8, 4) is 34.0 Å². The maximum atomic E-state index is 13.9. The zero-order chi connectivity index (χ0) is 22.9. The van der Waals surface area contributed by atoms with Crippen LogP contribution in [0.25, 0.3) is 34.0 Å². The highest BCUT2D eigenvalue weighted by Crippen LogP contribution is 2.40. The van der Waals surface area contributed by atoms with E-state index in [4.69, 9.17) is 10.3 Å². The number of hydrogen-bond donors (Lipinski definition) is 1. The van der Waals surface area contributed by atoms with Crippen LogP contribution in [0.4, 0.5) is 13.2 Å². The fourth-order valence-electron chi connectivity index (χ4n) is 3.59. The molecule has 1 atom stereocenters. The van der Waals surface area contributed by atoms with Crippen LogP contribution in [-0.2, 0) is 6.18 Å². The summed E-state index contributed by atoms with van der Waals surface area (Å²) in [5, 5.41) is 3.95. The first kappa shape index (κ1) is 21.8. The van der Waals surface area contributed by atoms with Crippen molar-refractivity contribution in [1.82, 2.24) is 10.1 Å². The fraction of sp³-hybridized carbons (Fsp3) is 0.200. The van der Waals surface area contributed by atoms with E-state index in [2.05, 4.69) is 10.1 Å². The van der Waals surface area contributed by atoms with E-state index in [1.165, 1.54) is 6.07 Å². The summed E-state index contributed by atoms with van der Waals surface area (Å²) < 4.78 is 46.9. The Morgan fingerprint density at radius 1 is 0.938 bits per heavy atom. The second-order valence-electron chi connectivity index (χ2n) is 7.63. The van der Waals surface area contributed by atoms with Gasteiger partial charge in [-0.15, -0.1) is 0 Å². The summed E-state index contributed by atoms with van der Waals surface area (Å²) in [6.07, 6.45) is -3.73. The maximum Gasteiger partial charge on any atom is 0.417 e. The molecular weight excluding hydrogens is 415 g/mol. The third-order valence-electron chi connectivity index (χ3n) is 5.47. The summed E-state index contributed by atoms with van der Waals surface area (Å²) in [6, 6.07) is 18.4. The number of nitrogens with two attached hydrogens (primary N) is 1. The van der Waals surface area contributed by atoms with Gasteiger partial charge in [0.1, 0.15) is 0 Å². The highest BCUT2D eigenvalue weighted by molar-refractivity contribution is 5.74. The number of aryl methyl sites for hydroxylation is 1. The quantitative estimate of drug-likeness (QED) is 0.373. The lowest BCUT2D eigenvalue weighted by Crippen LogP contribution is -2.08. The van der Waals surface area contributed by atoms with E-state index in [0.29, 0.717) is 17.0 Å².